The molecule has 0 atom stereocenters. The highest BCUT2D eigenvalue weighted by Crippen LogP contribution is 2.56. The smallest absolute Gasteiger partial charge is 0.273 e. The lowest BCUT2D eigenvalue weighted by atomic mass is 10.0. The molecule has 4 aromatic rings. The van der Waals surface area contributed by atoms with Crippen LogP contribution in [0.5, 0.6) is 0 Å². The molecule has 0 saturated carbocycles. The van der Waals surface area contributed by atoms with Crippen molar-refractivity contribution < 1.29 is 17.5 Å². The average Bonchev–Trinajstić information content (AvgIpc) is 3.24. The van der Waals surface area contributed by atoms with E-state index in [9.17, 15) is 17.5 Å². The molecule has 0 bridgehead atoms. The second kappa shape index (κ2) is 7.62. The zero-order valence-corrected chi connectivity index (χ0v) is 19.1. The van der Waals surface area contributed by atoms with E-state index in [1.807, 2.05) is 24.3 Å². The van der Waals surface area contributed by atoms with Crippen molar-refractivity contribution in [1.29, 1.82) is 5.26 Å². The first-order valence-corrected chi connectivity index (χ1v) is 13.7. The maximum absolute atomic E-state index is 13.6. The normalized spacial score (nSPS) is 16.3. The van der Waals surface area contributed by atoms with Crippen molar-refractivity contribution in [3.8, 4) is 17.2 Å². The van der Waals surface area contributed by atoms with Crippen LogP contribution >= 0.6 is 21.9 Å². The van der Waals surface area contributed by atoms with E-state index in [4.69, 9.17) is 5.26 Å². The molecule has 0 amide bonds. The molecule has 3 aromatic carbocycles. The first kappa shape index (κ1) is 21.0. The average molecular weight is 483 g/mol. The number of benzene rings is 3. The maximum Gasteiger partial charge on any atom is 0.273 e. The van der Waals surface area contributed by atoms with Gasteiger partial charge in [0, 0.05) is 4.70 Å². The van der Waals surface area contributed by atoms with Crippen molar-refractivity contribution in [2.24, 2.45) is 0 Å². The predicted octanol–water partition coefficient (Wildman–Crippen LogP) is 5.76. The van der Waals surface area contributed by atoms with Gasteiger partial charge in [0.15, 0.2) is 0 Å². The molecular formula is C23H18N2O4S3. The first-order chi connectivity index (χ1) is 15.3. The van der Waals surface area contributed by atoms with Gasteiger partial charge in [-0.05, 0) is 52.9 Å². The third-order valence-corrected chi connectivity index (χ3v) is 10.6. The molecule has 6 nitrogen and oxygen atoms in total. The van der Waals surface area contributed by atoms with Gasteiger partial charge in [-0.2, -0.15) is 15.9 Å². The van der Waals surface area contributed by atoms with Crippen LogP contribution in [0.25, 0.3) is 21.2 Å². The van der Waals surface area contributed by atoms with Crippen LogP contribution in [0.4, 0.5) is 5.69 Å². The molecule has 32 heavy (non-hydrogen) atoms. The molecule has 162 valence electrons. The monoisotopic (exact) mass is 482 g/mol. The van der Waals surface area contributed by atoms with Crippen molar-refractivity contribution in [3.05, 3.63) is 78.4 Å². The van der Waals surface area contributed by atoms with E-state index in [2.05, 4.69) is 6.07 Å². The summed E-state index contributed by atoms with van der Waals surface area (Å²) in [6.45, 7) is -0.0251. The number of rotatable bonds is 3. The van der Waals surface area contributed by atoms with Gasteiger partial charge in [-0.1, -0.05) is 36.4 Å². The molecule has 0 unspecified atom stereocenters. The minimum atomic E-state index is -3.90. The number of nitriles is 1. The zero-order valence-electron chi connectivity index (χ0n) is 16.7. The third-order valence-electron chi connectivity index (χ3n) is 5.45. The summed E-state index contributed by atoms with van der Waals surface area (Å²) in [5, 5.41) is 9.88. The van der Waals surface area contributed by atoms with Gasteiger partial charge in [0.05, 0.1) is 34.5 Å². The van der Waals surface area contributed by atoms with Gasteiger partial charge < -0.3 is 0 Å². The van der Waals surface area contributed by atoms with E-state index in [-0.39, 0.29) is 27.1 Å². The molecule has 1 aliphatic heterocycles. The third kappa shape index (κ3) is 3.46. The molecule has 1 aliphatic rings. The molecular weight excluding hydrogens is 464 g/mol. The van der Waals surface area contributed by atoms with Crippen LogP contribution in [0, 0.1) is 11.3 Å². The number of sulfonamides is 1. The molecule has 1 aromatic heterocycles. The summed E-state index contributed by atoms with van der Waals surface area (Å²) >= 11 is 1.20. The summed E-state index contributed by atoms with van der Waals surface area (Å²) in [5.41, 5.74) is 2.32. The van der Waals surface area contributed by atoms with Crippen molar-refractivity contribution in [2.75, 3.05) is 16.6 Å². The largest absolute Gasteiger partial charge is 0.295 e. The number of thiophene rings is 1. The number of nitrogens with zero attached hydrogens (tertiary/aromatic N) is 2. The Bertz CT molecular complexity index is 1450. The van der Waals surface area contributed by atoms with Gasteiger partial charge in [-0.15, -0.1) is 11.3 Å². The molecule has 0 saturated heterocycles. The van der Waals surface area contributed by atoms with Crippen LogP contribution in [0.15, 0.2) is 81.9 Å². The Hall–Kier alpha value is -2.87. The van der Waals surface area contributed by atoms with Crippen LogP contribution < -0.4 is 4.31 Å². The van der Waals surface area contributed by atoms with E-state index < -0.39 is 20.6 Å². The Labute approximate surface area is 191 Å². The van der Waals surface area contributed by atoms with Crippen LogP contribution in [0.1, 0.15) is 5.56 Å². The molecule has 2 N–H and O–H groups in total. The SMILES string of the molecule is N#Cc1ccc(-c2ccc3c(c2)N(S(=O)(=O)c2cc4ccccc4s2)CCS3(O)O)cc1. The number of hydrogen-bond acceptors (Lipinski definition) is 6. The minimum Gasteiger partial charge on any atom is -0.295 e. The van der Waals surface area contributed by atoms with E-state index >= 15 is 0 Å². The van der Waals surface area contributed by atoms with Crippen LogP contribution in [0.2, 0.25) is 0 Å². The summed E-state index contributed by atoms with van der Waals surface area (Å²) < 4.78 is 50.8. The lowest BCUT2D eigenvalue weighted by Gasteiger charge is -2.42. The topological polar surface area (TPSA) is 102 Å². The highest BCUT2D eigenvalue weighted by molar-refractivity contribution is 8.24. The summed E-state index contributed by atoms with van der Waals surface area (Å²) in [6, 6.07) is 23.2. The van der Waals surface area contributed by atoms with Crippen molar-refractivity contribution >= 4 is 47.7 Å². The fourth-order valence-electron chi connectivity index (χ4n) is 3.79. The van der Waals surface area contributed by atoms with Crippen LogP contribution in [-0.2, 0) is 10.0 Å². The lowest BCUT2D eigenvalue weighted by molar-refractivity contribution is 0.484. The van der Waals surface area contributed by atoms with E-state index in [1.165, 1.54) is 15.6 Å². The van der Waals surface area contributed by atoms with Gasteiger partial charge in [-0.3, -0.25) is 13.4 Å². The number of anilines is 1. The Kier molecular flexibility index (Phi) is 5.00. The maximum atomic E-state index is 13.6. The second-order valence-corrected chi connectivity index (χ2v) is 12.8. The quantitative estimate of drug-likeness (QED) is 0.387. The fourth-order valence-corrected chi connectivity index (χ4v) is 8.40. The summed E-state index contributed by atoms with van der Waals surface area (Å²) in [7, 11) is -6.99. The zero-order chi connectivity index (χ0) is 22.5. The fraction of sp³-hybridized carbons (Fsp3) is 0.0870. The Morgan fingerprint density at radius 3 is 2.41 bits per heavy atom. The van der Waals surface area contributed by atoms with E-state index in [0.717, 1.165) is 21.2 Å². The minimum absolute atomic E-state index is 0.0251. The Balaban J connectivity index is 1.64. The van der Waals surface area contributed by atoms with Crippen LogP contribution in [0.3, 0.4) is 0 Å². The molecule has 0 aliphatic carbocycles. The van der Waals surface area contributed by atoms with Crippen molar-refractivity contribution in [1.82, 2.24) is 0 Å². The van der Waals surface area contributed by atoms with Crippen molar-refractivity contribution in [3.63, 3.8) is 0 Å². The van der Waals surface area contributed by atoms with Gasteiger partial charge in [0.2, 0.25) is 0 Å². The highest BCUT2D eigenvalue weighted by atomic mass is 32.3. The first-order valence-electron chi connectivity index (χ1n) is 9.71. The highest BCUT2D eigenvalue weighted by Gasteiger charge is 2.36. The molecule has 0 spiro atoms. The molecule has 2 heterocycles. The Morgan fingerprint density at radius 1 is 0.969 bits per heavy atom. The molecule has 5 rings (SSSR count). The summed E-state index contributed by atoms with van der Waals surface area (Å²) in [4.78, 5) is 0.228. The Morgan fingerprint density at radius 2 is 1.69 bits per heavy atom. The predicted molar refractivity (Wildman–Crippen MR) is 129 cm³/mol. The summed E-state index contributed by atoms with van der Waals surface area (Å²) in [6.07, 6.45) is 0. The van der Waals surface area contributed by atoms with Gasteiger partial charge in [-0.25, -0.2) is 8.42 Å². The second-order valence-electron chi connectivity index (χ2n) is 7.42. The van der Waals surface area contributed by atoms with Gasteiger partial charge >= 0.3 is 0 Å². The van der Waals surface area contributed by atoms with E-state index in [1.54, 1.807) is 48.5 Å². The molecule has 0 radical (unpaired) electrons. The van der Waals surface area contributed by atoms with Gasteiger partial charge in [0.25, 0.3) is 10.0 Å². The lowest BCUT2D eigenvalue weighted by Crippen LogP contribution is -2.38. The molecule has 0 fully saturated rings. The summed E-state index contributed by atoms with van der Waals surface area (Å²) in [5.74, 6) is -0.0552. The number of fused-ring (bicyclic) bond motifs is 2. The molecule has 9 heteroatoms. The van der Waals surface area contributed by atoms with Crippen LogP contribution in [-0.4, -0.2) is 29.8 Å². The van der Waals surface area contributed by atoms with Crippen molar-refractivity contribution in [2.45, 2.75) is 9.10 Å². The van der Waals surface area contributed by atoms with Gasteiger partial charge in [0.1, 0.15) is 4.21 Å². The number of hydrogen-bond donors (Lipinski definition) is 2. The van der Waals surface area contributed by atoms with E-state index in [0.29, 0.717) is 5.56 Å². The standard InChI is InChI=1S/C23H18N2O4S3/c24-15-16-5-7-17(8-6-16)18-9-10-22-20(13-18)25(11-12-31(22,26)27)32(28,29)23-14-19-3-1-2-4-21(19)30-23/h1-10,13-14,26-27H,11-12H2.